The summed E-state index contributed by atoms with van der Waals surface area (Å²) < 4.78 is 1.55. The molecule has 9 nitrogen and oxygen atoms in total. The molecule has 0 fully saturated rings. The topological polar surface area (TPSA) is 145 Å². The van der Waals surface area contributed by atoms with Crippen LogP contribution in [0, 0.1) is 0 Å². The molecule has 0 aliphatic carbocycles. The van der Waals surface area contributed by atoms with E-state index in [1.54, 1.807) is 4.52 Å². The van der Waals surface area contributed by atoms with E-state index in [1.807, 2.05) is 12.1 Å². The Balaban J connectivity index is 2.00. The standard InChI is InChI=1S/C21H25N5O4/c22-7-1-8-24-14-3-2-12-13(6-9-23-10-11-27)25-26-19(12)17(14)21(30)18-15(28)4-5-16(29)20(18)26/h2-5,23-24,27,29-30H,1,6-11,22H2. The first kappa shape index (κ1) is 20.1. The zero-order valence-electron chi connectivity index (χ0n) is 16.5. The molecule has 2 aromatic carbocycles. The normalized spacial score (nSPS) is 11.8. The van der Waals surface area contributed by atoms with Crippen LogP contribution in [0.1, 0.15) is 12.1 Å². The number of nitrogens with two attached hydrogens (primary N) is 1. The van der Waals surface area contributed by atoms with Crippen molar-refractivity contribution < 1.29 is 15.3 Å². The fraction of sp³-hybridized carbons (Fsp3) is 0.333. The van der Waals surface area contributed by atoms with E-state index in [9.17, 15) is 15.0 Å². The van der Waals surface area contributed by atoms with E-state index < -0.39 is 5.43 Å². The summed E-state index contributed by atoms with van der Waals surface area (Å²) in [6.45, 7) is 2.29. The first-order chi connectivity index (χ1) is 14.6. The third kappa shape index (κ3) is 3.26. The maximum absolute atomic E-state index is 12.6. The molecule has 2 aromatic heterocycles. The second-order valence-corrected chi connectivity index (χ2v) is 7.19. The van der Waals surface area contributed by atoms with Crippen molar-refractivity contribution >= 4 is 32.9 Å². The number of benzene rings is 2. The lowest BCUT2D eigenvalue weighted by molar-refractivity contribution is 0.292. The van der Waals surface area contributed by atoms with Crippen molar-refractivity contribution in [2.24, 2.45) is 5.73 Å². The third-order valence-corrected chi connectivity index (χ3v) is 5.25. The van der Waals surface area contributed by atoms with E-state index in [0.717, 1.165) is 17.5 Å². The fourth-order valence-corrected chi connectivity index (χ4v) is 3.87. The summed E-state index contributed by atoms with van der Waals surface area (Å²) in [4.78, 5) is 12.6. The molecular weight excluding hydrogens is 386 g/mol. The van der Waals surface area contributed by atoms with Crippen LogP contribution < -0.4 is 21.8 Å². The van der Waals surface area contributed by atoms with Crippen LogP contribution >= 0.6 is 0 Å². The summed E-state index contributed by atoms with van der Waals surface area (Å²) in [5, 5.41) is 42.9. The Bertz CT molecular complexity index is 1250. The number of hydrogen-bond acceptors (Lipinski definition) is 8. The first-order valence-electron chi connectivity index (χ1n) is 9.98. The van der Waals surface area contributed by atoms with Gasteiger partial charge in [0.1, 0.15) is 17.0 Å². The molecule has 0 spiro atoms. The molecule has 4 aromatic rings. The minimum atomic E-state index is -0.391. The monoisotopic (exact) mass is 411 g/mol. The number of nitrogens with zero attached hydrogens (tertiary/aromatic N) is 2. The Hall–Kier alpha value is -3.14. The molecule has 0 aliphatic rings. The molecule has 4 rings (SSSR count). The van der Waals surface area contributed by atoms with Gasteiger partial charge < -0.3 is 31.7 Å². The summed E-state index contributed by atoms with van der Waals surface area (Å²) in [7, 11) is 0. The van der Waals surface area contributed by atoms with E-state index in [4.69, 9.17) is 10.8 Å². The van der Waals surface area contributed by atoms with Crippen molar-refractivity contribution in [2.75, 3.05) is 38.1 Å². The zero-order chi connectivity index (χ0) is 21.3. The zero-order valence-corrected chi connectivity index (χ0v) is 16.5. The molecule has 2 heterocycles. The first-order valence-corrected chi connectivity index (χ1v) is 9.98. The number of pyridine rings is 1. The molecule has 0 atom stereocenters. The lowest BCUT2D eigenvalue weighted by Crippen LogP contribution is -2.21. The van der Waals surface area contributed by atoms with E-state index in [1.165, 1.54) is 12.1 Å². The van der Waals surface area contributed by atoms with Crippen LogP contribution in [-0.4, -0.2) is 57.7 Å². The van der Waals surface area contributed by atoms with Crippen molar-refractivity contribution in [2.45, 2.75) is 12.8 Å². The van der Waals surface area contributed by atoms with Crippen molar-refractivity contribution in [3.05, 3.63) is 40.2 Å². The van der Waals surface area contributed by atoms with Gasteiger partial charge in [-0.25, -0.2) is 4.52 Å². The van der Waals surface area contributed by atoms with Gasteiger partial charge in [0.15, 0.2) is 5.43 Å². The summed E-state index contributed by atoms with van der Waals surface area (Å²) in [6, 6.07) is 6.34. The molecule has 0 saturated carbocycles. The molecule has 158 valence electrons. The van der Waals surface area contributed by atoms with E-state index in [2.05, 4.69) is 15.7 Å². The molecule has 0 saturated heterocycles. The van der Waals surface area contributed by atoms with E-state index in [-0.39, 0.29) is 29.0 Å². The number of phenolic OH excluding ortho intramolecular Hbond substituents is 1. The average molecular weight is 411 g/mol. The van der Waals surface area contributed by atoms with Crippen LogP contribution in [0.2, 0.25) is 0 Å². The highest BCUT2D eigenvalue weighted by atomic mass is 16.3. The van der Waals surface area contributed by atoms with E-state index >= 15 is 0 Å². The van der Waals surface area contributed by atoms with Crippen molar-refractivity contribution in [1.29, 1.82) is 0 Å². The van der Waals surface area contributed by atoms with Gasteiger partial charge in [0, 0.05) is 37.1 Å². The lowest BCUT2D eigenvalue weighted by atomic mass is 10.0. The van der Waals surface area contributed by atoms with Gasteiger partial charge in [-0.15, -0.1) is 0 Å². The van der Waals surface area contributed by atoms with Gasteiger partial charge in [0.25, 0.3) is 0 Å². The van der Waals surface area contributed by atoms with Gasteiger partial charge in [-0.1, -0.05) is 0 Å². The number of fused-ring (bicyclic) bond motifs is 2. The van der Waals surface area contributed by atoms with Crippen molar-refractivity contribution in [1.82, 2.24) is 14.9 Å². The highest BCUT2D eigenvalue weighted by Gasteiger charge is 2.23. The second-order valence-electron chi connectivity index (χ2n) is 7.19. The van der Waals surface area contributed by atoms with Crippen LogP contribution in [0.25, 0.3) is 27.2 Å². The summed E-state index contributed by atoms with van der Waals surface area (Å²) in [6.07, 6.45) is 1.33. The smallest absolute Gasteiger partial charge is 0.192 e. The Kier molecular flexibility index (Phi) is 5.58. The highest BCUT2D eigenvalue weighted by molar-refractivity contribution is 6.14. The highest BCUT2D eigenvalue weighted by Crippen LogP contribution is 2.42. The predicted molar refractivity (Wildman–Crippen MR) is 117 cm³/mol. The maximum Gasteiger partial charge on any atom is 0.192 e. The molecule has 9 heteroatoms. The Morgan fingerprint density at radius 3 is 2.63 bits per heavy atom. The Morgan fingerprint density at radius 1 is 1.03 bits per heavy atom. The van der Waals surface area contributed by atoms with Crippen LogP contribution in [-0.2, 0) is 6.42 Å². The van der Waals surface area contributed by atoms with Crippen LogP contribution in [0.3, 0.4) is 0 Å². The molecule has 0 bridgehead atoms. The number of anilines is 1. The van der Waals surface area contributed by atoms with Crippen molar-refractivity contribution in [3.8, 4) is 11.5 Å². The van der Waals surface area contributed by atoms with Gasteiger partial charge in [0.05, 0.1) is 28.6 Å². The number of rotatable bonds is 9. The van der Waals surface area contributed by atoms with E-state index in [0.29, 0.717) is 49.2 Å². The fourth-order valence-electron chi connectivity index (χ4n) is 3.87. The molecular formula is C21H25N5O4. The Morgan fingerprint density at radius 2 is 1.87 bits per heavy atom. The number of aliphatic hydroxyl groups excluding tert-OH is 1. The number of aromatic nitrogens is 2. The summed E-state index contributed by atoms with van der Waals surface area (Å²) >= 11 is 0. The van der Waals surface area contributed by atoms with Crippen molar-refractivity contribution in [3.63, 3.8) is 0 Å². The van der Waals surface area contributed by atoms with Crippen LogP contribution in [0.5, 0.6) is 11.5 Å². The minimum absolute atomic E-state index is 0.0323. The van der Waals surface area contributed by atoms with Gasteiger partial charge in [-0.2, -0.15) is 5.10 Å². The lowest BCUT2D eigenvalue weighted by Gasteiger charge is -2.14. The molecule has 0 radical (unpaired) electrons. The summed E-state index contributed by atoms with van der Waals surface area (Å²) in [5.74, 6) is -0.304. The largest absolute Gasteiger partial charge is 0.506 e. The summed E-state index contributed by atoms with van der Waals surface area (Å²) in [5.41, 5.74) is 7.46. The van der Waals surface area contributed by atoms with Gasteiger partial charge in [0.2, 0.25) is 0 Å². The molecule has 0 aliphatic heterocycles. The molecule has 0 unspecified atom stereocenters. The number of hydrogen-bond donors (Lipinski definition) is 6. The van der Waals surface area contributed by atoms with Crippen LogP contribution in [0.4, 0.5) is 5.69 Å². The minimum Gasteiger partial charge on any atom is -0.506 e. The number of nitrogens with one attached hydrogen (secondary N) is 2. The van der Waals surface area contributed by atoms with Gasteiger partial charge in [-0.3, -0.25) is 4.79 Å². The number of aliphatic hydroxyl groups is 1. The quantitative estimate of drug-likeness (QED) is 0.175. The van der Waals surface area contributed by atoms with Crippen LogP contribution in [0.15, 0.2) is 29.1 Å². The molecule has 30 heavy (non-hydrogen) atoms. The third-order valence-electron chi connectivity index (χ3n) is 5.25. The number of phenols is 1. The second kappa shape index (κ2) is 8.31. The molecule has 7 N–H and O–H groups in total. The van der Waals surface area contributed by atoms with Gasteiger partial charge >= 0.3 is 0 Å². The molecule has 0 amide bonds. The Labute approximate surface area is 172 Å². The predicted octanol–water partition coefficient (Wildman–Crippen LogP) is 0.735. The average Bonchev–Trinajstić information content (AvgIpc) is 3.10. The maximum atomic E-state index is 12.6. The van der Waals surface area contributed by atoms with Gasteiger partial charge in [-0.05, 0) is 37.2 Å². The number of aromatic hydroxyl groups is 2. The SMILES string of the molecule is NCCCNc1ccc2c(CCNCCO)nn3c4c(O)ccc(=O)c4c(O)c1c23.